The lowest BCUT2D eigenvalue weighted by molar-refractivity contribution is -0.136. The number of hydrogen-bond donors (Lipinski definition) is 0. The quantitative estimate of drug-likeness (QED) is 0.839. The average Bonchev–Trinajstić information content (AvgIpc) is 2.73. The van der Waals surface area contributed by atoms with E-state index in [9.17, 15) is 4.79 Å². The molecule has 1 aromatic rings. The number of carbonyl (C=O) groups excluding carboxylic acids is 1. The molecule has 4 nitrogen and oxygen atoms in total. The third-order valence-corrected chi connectivity index (χ3v) is 5.55. The van der Waals surface area contributed by atoms with E-state index < -0.39 is 0 Å². The van der Waals surface area contributed by atoms with Gasteiger partial charge in [-0.05, 0) is 45.4 Å². The fourth-order valence-electron chi connectivity index (χ4n) is 4.26. The lowest BCUT2D eigenvalue weighted by Crippen LogP contribution is -2.50. The van der Waals surface area contributed by atoms with E-state index >= 15 is 0 Å². The van der Waals surface area contributed by atoms with Crippen LogP contribution in [0.4, 0.5) is 0 Å². The highest BCUT2D eigenvalue weighted by atomic mass is 16.2. The second-order valence-corrected chi connectivity index (χ2v) is 6.79. The maximum absolute atomic E-state index is 12.8. The summed E-state index contributed by atoms with van der Waals surface area (Å²) in [6, 6.07) is 0.511. The zero-order valence-corrected chi connectivity index (χ0v) is 13.6. The van der Waals surface area contributed by atoms with Gasteiger partial charge in [0.2, 0.25) is 5.91 Å². The number of rotatable bonds is 2. The Bertz CT molecular complexity index is 532. The highest BCUT2D eigenvalue weighted by Crippen LogP contribution is 2.35. The van der Waals surface area contributed by atoms with Crippen LogP contribution in [0.15, 0.2) is 0 Å². The first-order valence-corrected chi connectivity index (χ1v) is 8.36. The van der Waals surface area contributed by atoms with Gasteiger partial charge in [-0.25, -0.2) is 0 Å². The van der Waals surface area contributed by atoms with Crippen LogP contribution < -0.4 is 0 Å². The topological polar surface area (TPSA) is 38.1 Å². The molecule has 1 saturated carbocycles. The minimum atomic E-state index is 0.311. The molecule has 21 heavy (non-hydrogen) atoms. The summed E-state index contributed by atoms with van der Waals surface area (Å²) < 4.78 is 1.89. The molecule has 0 aromatic carbocycles. The Morgan fingerprint density at radius 2 is 1.90 bits per heavy atom. The number of hydrogen-bond acceptors (Lipinski definition) is 2. The van der Waals surface area contributed by atoms with Gasteiger partial charge in [-0.1, -0.05) is 12.8 Å². The van der Waals surface area contributed by atoms with Crippen molar-refractivity contribution in [1.82, 2.24) is 14.7 Å². The summed E-state index contributed by atoms with van der Waals surface area (Å²) in [5, 5.41) is 4.44. The van der Waals surface area contributed by atoms with Crippen molar-refractivity contribution in [3.05, 3.63) is 17.0 Å². The molecule has 2 aliphatic rings. The number of piperidine rings is 1. The Morgan fingerprint density at radius 1 is 1.19 bits per heavy atom. The molecule has 1 aliphatic carbocycles. The lowest BCUT2D eigenvalue weighted by atomic mass is 9.78. The predicted octanol–water partition coefficient (Wildman–Crippen LogP) is 2.76. The van der Waals surface area contributed by atoms with Crippen molar-refractivity contribution in [2.24, 2.45) is 13.0 Å². The van der Waals surface area contributed by atoms with Crippen LogP contribution in [-0.4, -0.2) is 33.2 Å². The molecule has 0 unspecified atom stereocenters. The molecular formula is C17H27N3O. The van der Waals surface area contributed by atoms with E-state index in [1.165, 1.54) is 38.5 Å². The first-order chi connectivity index (χ1) is 10.1. The molecule has 0 N–H and O–H groups in total. The van der Waals surface area contributed by atoms with Crippen LogP contribution >= 0.6 is 0 Å². The zero-order chi connectivity index (χ0) is 15.0. The summed E-state index contributed by atoms with van der Waals surface area (Å²) in [4.78, 5) is 15.0. The number of fused-ring (bicyclic) bond motifs is 1. The smallest absolute Gasteiger partial charge is 0.227 e. The van der Waals surface area contributed by atoms with Gasteiger partial charge in [0, 0.05) is 30.9 Å². The molecule has 3 rings (SSSR count). The molecule has 1 aromatic heterocycles. The summed E-state index contributed by atoms with van der Waals surface area (Å²) >= 11 is 0. The van der Waals surface area contributed by atoms with Crippen LogP contribution in [0, 0.1) is 19.8 Å². The van der Waals surface area contributed by atoms with Gasteiger partial charge in [0.1, 0.15) is 0 Å². The van der Waals surface area contributed by atoms with E-state index in [1.54, 1.807) is 0 Å². The first kappa shape index (κ1) is 14.6. The maximum atomic E-state index is 12.8. The molecule has 2 atom stereocenters. The van der Waals surface area contributed by atoms with Gasteiger partial charge in [0.05, 0.1) is 12.1 Å². The summed E-state index contributed by atoms with van der Waals surface area (Å²) in [5.74, 6) is 1.07. The van der Waals surface area contributed by atoms with E-state index in [0.29, 0.717) is 18.4 Å². The molecule has 1 aliphatic heterocycles. The van der Waals surface area contributed by atoms with E-state index in [-0.39, 0.29) is 0 Å². The SMILES string of the molecule is Cc1nn(C)c(C)c1CC(=O)N1CCC[C@@H]2CCCC[C@H]21. The van der Waals surface area contributed by atoms with Crippen molar-refractivity contribution in [2.75, 3.05) is 6.54 Å². The molecule has 116 valence electrons. The number of carbonyl (C=O) groups is 1. The Morgan fingerprint density at radius 3 is 2.62 bits per heavy atom. The summed E-state index contributed by atoms with van der Waals surface area (Å²) in [7, 11) is 1.95. The van der Waals surface area contributed by atoms with Crippen molar-refractivity contribution < 1.29 is 4.79 Å². The van der Waals surface area contributed by atoms with Crippen LogP contribution in [-0.2, 0) is 18.3 Å². The third kappa shape index (κ3) is 2.72. The van der Waals surface area contributed by atoms with Gasteiger partial charge in [0.25, 0.3) is 0 Å². The van der Waals surface area contributed by atoms with Gasteiger partial charge in [0.15, 0.2) is 0 Å². The Hall–Kier alpha value is -1.32. The molecule has 0 bridgehead atoms. The zero-order valence-electron chi connectivity index (χ0n) is 13.6. The van der Waals surface area contributed by atoms with Crippen molar-refractivity contribution >= 4 is 5.91 Å². The van der Waals surface area contributed by atoms with Crippen molar-refractivity contribution in [3.63, 3.8) is 0 Å². The van der Waals surface area contributed by atoms with Gasteiger partial charge in [-0.15, -0.1) is 0 Å². The monoisotopic (exact) mass is 289 g/mol. The number of amides is 1. The molecular weight excluding hydrogens is 262 g/mol. The summed E-state index contributed by atoms with van der Waals surface area (Å²) in [6.07, 6.45) is 8.19. The highest BCUT2D eigenvalue weighted by molar-refractivity contribution is 5.79. The van der Waals surface area contributed by atoms with Crippen molar-refractivity contribution in [2.45, 2.75) is 64.8 Å². The standard InChI is InChI=1S/C17H27N3O/c1-12-15(13(2)19(3)18-12)11-17(21)20-10-6-8-14-7-4-5-9-16(14)20/h14,16H,4-11H2,1-3H3/t14-,16+/m0/s1. The van der Waals surface area contributed by atoms with Gasteiger partial charge >= 0.3 is 0 Å². The van der Waals surface area contributed by atoms with E-state index in [0.717, 1.165) is 29.4 Å². The predicted molar refractivity (Wildman–Crippen MR) is 83.1 cm³/mol. The van der Waals surface area contributed by atoms with Gasteiger partial charge < -0.3 is 4.90 Å². The molecule has 4 heteroatoms. The molecule has 0 spiro atoms. The normalized spacial score (nSPS) is 25.8. The van der Waals surface area contributed by atoms with Crippen molar-refractivity contribution in [3.8, 4) is 0 Å². The minimum absolute atomic E-state index is 0.311. The van der Waals surface area contributed by atoms with E-state index in [2.05, 4.69) is 16.9 Å². The van der Waals surface area contributed by atoms with Crippen LogP contribution in [0.5, 0.6) is 0 Å². The molecule has 0 radical (unpaired) electrons. The van der Waals surface area contributed by atoms with Gasteiger partial charge in [-0.3, -0.25) is 9.48 Å². The summed E-state index contributed by atoms with van der Waals surface area (Å²) in [5.41, 5.74) is 3.25. The number of aromatic nitrogens is 2. The third-order valence-electron chi connectivity index (χ3n) is 5.55. The fraction of sp³-hybridized carbons (Fsp3) is 0.765. The molecule has 2 fully saturated rings. The molecule has 1 saturated heterocycles. The van der Waals surface area contributed by atoms with E-state index in [4.69, 9.17) is 0 Å². The van der Waals surface area contributed by atoms with Gasteiger partial charge in [-0.2, -0.15) is 5.10 Å². The van der Waals surface area contributed by atoms with Crippen LogP contribution in [0.3, 0.4) is 0 Å². The maximum Gasteiger partial charge on any atom is 0.227 e. The minimum Gasteiger partial charge on any atom is -0.339 e. The molecule has 1 amide bonds. The first-order valence-electron chi connectivity index (χ1n) is 8.36. The van der Waals surface area contributed by atoms with Crippen molar-refractivity contribution in [1.29, 1.82) is 0 Å². The Labute approximate surface area is 127 Å². The number of likely N-dealkylation sites (tertiary alicyclic amines) is 1. The van der Waals surface area contributed by atoms with E-state index in [1.807, 2.05) is 18.7 Å². The number of aryl methyl sites for hydroxylation is 2. The number of nitrogens with zero attached hydrogens (tertiary/aromatic N) is 3. The fourth-order valence-corrected chi connectivity index (χ4v) is 4.26. The average molecular weight is 289 g/mol. The lowest BCUT2D eigenvalue weighted by Gasteiger charge is -2.44. The molecule has 2 heterocycles. The highest BCUT2D eigenvalue weighted by Gasteiger charge is 2.35. The second kappa shape index (κ2) is 5.82. The van der Waals surface area contributed by atoms with Crippen LogP contribution in [0.2, 0.25) is 0 Å². The largest absolute Gasteiger partial charge is 0.339 e. The Kier molecular flexibility index (Phi) is 4.05. The van der Waals surface area contributed by atoms with Crippen LogP contribution in [0.25, 0.3) is 0 Å². The second-order valence-electron chi connectivity index (χ2n) is 6.79. The van der Waals surface area contributed by atoms with Crippen LogP contribution in [0.1, 0.15) is 55.5 Å². The summed E-state index contributed by atoms with van der Waals surface area (Å²) in [6.45, 7) is 5.02. The Balaban J connectivity index is 1.75.